The molecule has 1 spiro atoms. The van der Waals surface area contributed by atoms with Crippen molar-refractivity contribution in [3.63, 3.8) is 0 Å². The lowest BCUT2D eigenvalue weighted by molar-refractivity contribution is 0.203. The lowest BCUT2D eigenvalue weighted by Gasteiger charge is -2.32. The lowest BCUT2D eigenvalue weighted by atomic mass is 9.73. The third-order valence-corrected chi connectivity index (χ3v) is 3.58. The van der Waals surface area contributed by atoms with E-state index in [4.69, 9.17) is 5.21 Å². The first-order valence-electron chi connectivity index (χ1n) is 5.04. The van der Waals surface area contributed by atoms with E-state index >= 15 is 0 Å². The Morgan fingerprint density at radius 1 is 1.08 bits per heavy atom. The fraction of sp³-hybridized carbons (Fsp3) is 0.900. The van der Waals surface area contributed by atoms with E-state index in [1.165, 1.54) is 38.5 Å². The van der Waals surface area contributed by atoms with Crippen molar-refractivity contribution in [2.75, 3.05) is 0 Å². The number of oxime groups is 1. The average Bonchev–Trinajstić information content (AvgIpc) is 2.50. The van der Waals surface area contributed by atoms with Crippen LogP contribution in [0.5, 0.6) is 0 Å². The molecule has 0 aromatic carbocycles. The maximum Gasteiger partial charge on any atom is 0.0576 e. The molecule has 2 saturated carbocycles. The molecule has 0 amide bonds. The average molecular weight is 167 g/mol. The second-order valence-electron chi connectivity index (χ2n) is 4.40. The summed E-state index contributed by atoms with van der Waals surface area (Å²) in [5.41, 5.74) is 1.59. The van der Waals surface area contributed by atoms with Gasteiger partial charge in [-0.3, -0.25) is 0 Å². The molecule has 0 bridgehead atoms. The van der Waals surface area contributed by atoms with Crippen molar-refractivity contribution in [3.8, 4) is 0 Å². The number of hydrogen-bond acceptors (Lipinski definition) is 2. The van der Waals surface area contributed by atoms with E-state index < -0.39 is 0 Å². The molecule has 0 unspecified atom stereocenters. The number of hydrogen-bond donors (Lipinski definition) is 1. The Kier molecular flexibility index (Phi) is 2.07. The van der Waals surface area contributed by atoms with Crippen molar-refractivity contribution >= 4 is 5.71 Å². The fourth-order valence-corrected chi connectivity index (χ4v) is 2.83. The summed E-state index contributed by atoms with van der Waals surface area (Å²) in [5.74, 6) is 0. The van der Waals surface area contributed by atoms with Crippen LogP contribution in [0.4, 0.5) is 0 Å². The Balaban J connectivity index is 2.03. The Bertz CT molecular complexity index is 192. The van der Waals surface area contributed by atoms with E-state index in [2.05, 4.69) is 5.16 Å². The Morgan fingerprint density at radius 2 is 1.83 bits per heavy atom. The van der Waals surface area contributed by atoms with Gasteiger partial charge < -0.3 is 5.21 Å². The molecule has 1 N–H and O–H groups in total. The summed E-state index contributed by atoms with van der Waals surface area (Å²) in [4.78, 5) is 0. The molecule has 0 heterocycles. The first-order valence-corrected chi connectivity index (χ1v) is 5.04. The monoisotopic (exact) mass is 167 g/mol. The molecule has 0 aromatic rings. The van der Waals surface area contributed by atoms with Crippen molar-refractivity contribution in [1.29, 1.82) is 0 Å². The molecule has 2 fully saturated rings. The molecule has 0 aliphatic heterocycles. The molecule has 0 aromatic heterocycles. The Hall–Kier alpha value is -0.530. The van der Waals surface area contributed by atoms with Crippen LogP contribution in [0.25, 0.3) is 0 Å². The van der Waals surface area contributed by atoms with Crippen LogP contribution in [0, 0.1) is 5.41 Å². The highest BCUT2D eigenvalue weighted by atomic mass is 16.4. The molecule has 2 aliphatic carbocycles. The highest BCUT2D eigenvalue weighted by Gasteiger charge is 2.37. The molecular formula is C10H17NO. The van der Waals surface area contributed by atoms with E-state index in [0.717, 1.165) is 18.6 Å². The van der Waals surface area contributed by atoms with Gasteiger partial charge in [0.1, 0.15) is 0 Å². The zero-order chi connectivity index (χ0) is 8.44. The summed E-state index contributed by atoms with van der Waals surface area (Å²) < 4.78 is 0. The maximum absolute atomic E-state index is 8.67. The third-order valence-electron chi connectivity index (χ3n) is 3.58. The van der Waals surface area contributed by atoms with Gasteiger partial charge in [-0.1, -0.05) is 24.4 Å². The highest BCUT2D eigenvalue weighted by Crippen LogP contribution is 2.47. The SMILES string of the molecule is ON=C1CCC2(CCCCC2)C1. The Morgan fingerprint density at radius 3 is 2.42 bits per heavy atom. The minimum atomic E-state index is 0.555. The van der Waals surface area contributed by atoms with Gasteiger partial charge in [-0.25, -0.2) is 0 Å². The normalized spacial score (nSPS) is 31.5. The quantitative estimate of drug-likeness (QED) is 0.436. The minimum Gasteiger partial charge on any atom is -0.411 e. The van der Waals surface area contributed by atoms with E-state index in [1.54, 1.807) is 0 Å². The van der Waals surface area contributed by atoms with Crippen LogP contribution < -0.4 is 0 Å². The molecule has 2 aliphatic rings. The van der Waals surface area contributed by atoms with E-state index in [1.807, 2.05) is 0 Å². The summed E-state index contributed by atoms with van der Waals surface area (Å²) in [6, 6.07) is 0. The van der Waals surface area contributed by atoms with Crippen LogP contribution in [-0.2, 0) is 0 Å². The molecule has 0 saturated heterocycles. The summed E-state index contributed by atoms with van der Waals surface area (Å²) in [6.45, 7) is 0. The van der Waals surface area contributed by atoms with Crippen LogP contribution in [0.3, 0.4) is 0 Å². The zero-order valence-electron chi connectivity index (χ0n) is 7.55. The van der Waals surface area contributed by atoms with Crippen LogP contribution in [0.1, 0.15) is 51.4 Å². The fourth-order valence-electron chi connectivity index (χ4n) is 2.83. The van der Waals surface area contributed by atoms with E-state index in [0.29, 0.717) is 5.41 Å². The summed E-state index contributed by atoms with van der Waals surface area (Å²) in [5, 5.41) is 12.0. The van der Waals surface area contributed by atoms with Gasteiger partial charge in [0.15, 0.2) is 0 Å². The van der Waals surface area contributed by atoms with Crippen molar-refractivity contribution in [3.05, 3.63) is 0 Å². The van der Waals surface area contributed by atoms with Gasteiger partial charge >= 0.3 is 0 Å². The summed E-state index contributed by atoms with van der Waals surface area (Å²) in [6.07, 6.45) is 10.3. The van der Waals surface area contributed by atoms with E-state index in [9.17, 15) is 0 Å². The molecule has 0 atom stereocenters. The number of rotatable bonds is 0. The summed E-state index contributed by atoms with van der Waals surface area (Å²) >= 11 is 0. The molecule has 68 valence electrons. The van der Waals surface area contributed by atoms with E-state index in [-0.39, 0.29) is 0 Å². The second-order valence-corrected chi connectivity index (χ2v) is 4.40. The lowest BCUT2D eigenvalue weighted by Crippen LogP contribution is -2.20. The van der Waals surface area contributed by atoms with Gasteiger partial charge in [-0.15, -0.1) is 0 Å². The highest BCUT2D eigenvalue weighted by molar-refractivity contribution is 5.86. The predicted molar refractivity (Wildman–Crippen MR) is 48.6 cm³/mol. The van der Waals surface area contributed by atoms with Crippen molar-refractivity contribution < 1.29 is 5.21 Å². The van der Waals surface area contributed by atoms with Gasteiger partial charge in [-0.2, -0.15) is 0 Å². The zero-order valence-corrected chi connectivity index (χ0v) is 7.55. The largest absolute Gasteiger partial charge is 0.411 e. The summed E-state index contributed by atoms with van der Waals surface area (Å²) in [7, 11) is 0. The van der Waals surface area contributed by atoms with Gasteiger partial charge in [-0.05, 0) is 37.5 Å². The Labute approximate surface area is 73.7 Å². The standard InChI is InChI=1S/C10H17NO/c12-11-9-4-7-10(8-9)5-2-1-3-6-10/h12H,1-8H2. The third kappa shape index (κ3) is 1.35. The molecule has 0 radical (unpaired) electrons. The van der Waals surface area contributed by atoms with Crippen molar-refractivity contribution in [2.45, 2.75) is 51.4 Å². The molecule has 2 heteroatoms. The van der Waals surface area contributed by atoms with Crippen molar-refractivity contribution in [2.24, 2.45) is 10.6 Å². The first-order chi connectivity index (χ1) is 5.85. The smallest absolute Gasteiger partial charge is 0.0576 e. The van der Waals surface area contributed by atoms with Gasteiger partial charge in [0.05, 0.1) is 5.71 Å². The number of nitrogens with zero attached hydrogens (tertiary/aromatic N) is 1. The predicted octanol–water partition coefficient (Wildman–Crippen LogP) is 2.95. The maximum atomic E-state index is 8.67. The minimum absolute atomic E-state index is 0.555. The second kappa shape index (κ2) is 3.08. The van der Waals surface area contributed by atoms with Crippen LogP contribution in [0.2, 0.25) is 0 Å². The van der Waals surface area contributed by atoms with Crippen molar-refractivity contribution in [1.82, 2.24) is 0 Å². The van der Waals surface area contributed by atoms with Crippen LogP contribution in [0.15, 0.2) is 5.16 Å². The van der Waals surface area contributed by atoms with Gasteiger partial charge in [0.25, 0.3) is 0 Å². The molecular weight excluding hydrogens is 150 g/mol. The van der Waals surface area contributed by atoms with Crippen LogP contribution >= 0.6 is 0 Å². The van der Waals surface area contributed by atoms with Gasteiger partial charge in [0, 0.05) is 0 Å². The molecule has 2 nitrogen and oxygen atoms in total. The topological polar surface area (TPSA) is 32.6 Å². The van der Waals surface area contributed by atoms with Crippen LogP contribution in [-0.4, -0.2) is 10.9 Å². The first kappa shape index (κ1) is 8.09. The molecule has 2 rings (SSSR count). The molecule has 12 heavy (non-hydrogen) atoms. The van der Waals surface area contributed by atoms with Gasteiger partial charge in [0.2, 0.25) is 0 Å².